The number of pyridine rings is 1. The summed E-state index contributed by atoms with van der Waals surface area (Å²) in [5.74, 6) is 0.275. The van der Waals surface area contributed by atoms with E-state index in [9.17, 15) is 4.39 Å². The van der Waals surface area contributed by atoms with Gasteiger partial charge in [-0.3, -0.25) is 4.98 Å². The van der Waals surface area contributed by atoms with E-state index in [-0.39, 0.29) is 5.82 Å². The first-order valence-electron chi connectivity index (χ1n) is 6.88. The average molecular weight is 237 g/mol. The predicted octanol–water partition coefficient (Wildman–Crippen LogP) is 5.07. The zero-order valence-corrected chi connectivity index (χ0v) is 11.1. The molecule has 0 fully saturated rings. The molecular formula is C15H24FN. The van der Waals surface area contributed by atoms with Gasteiger partial charge in [-0.15, -0.1) is 0 Å². The summed E-state index contributed by atoms with van der Waals surface area (Å²) in [6.07, 6.45) is 11.7. The van der Waals surface area contributed by atoms with Crippen molar-refractivity contribution in [2.45, 2.75) is 64.7 Å². The largest absolute Gasteiger partial charge is 0.261 e. The minimum Gasteiger partial charge on any atom is -0.261 e. The fourth-order valence-electron chi connectivity index (χ4n) is 2.30. The quantitative estimate of drug-likeness (QED) is 0.575. The Hall–Kier alpha value is -0.920. The predicted molar refractivity (Wildman–Crippen MR) is 70.6 cm³/mol. The Morgan fingerprint density at radius 1 is 1.06 bits per heavy atom. The summed E-state index contributed by atoms with van der Waals surface area (Å²) in [6, 6.07) is 1.65. The lowest BCUT2D eigenvalue weighted by Crippen LogP contribution is -2.00. The third-order valence-corrected chi connectivity index (χ3v) is 3.24. The van der Waals surface area contributed by atoms with E-state index in [1.54, 1.807) is 6.07 Å². The highest BCUT2D eigenvalue weighted by molar-refractivity contribution is 5.15. The number of aromatic nitrogens is 1. The number of rotatable bonds is 8. The average Bonchev–Trinajstić information content (AvgIpc) is 2.33. The summed E-state index contributed by atoms with van der Waals surface area (Å²) in [6.45, 7) is 4.41. The molecule has 0 aromatic carbocycles. The topological polar surface area (TPSA) is 12.9 Å². The van der Waals surface area contributed by atoms with E-state index in [4.69, 9.17) is 0 Å². The zero-order chi connectivity index (χ0) is 12.5. The highest BCUT2D eigenvalue weighted by Crippen LogP contribution is 2.27. The molecule has 1 atom stereocenters. The summed E-state index contributed by atoms with van der Waals surface area (Å²) in [5.41, 5.74) is 1.07. The van der Waals surface area contributed by atoms with Crippen LogP contribution < -0.4 is 0 Å². The molecule has 1 rings (SSSR count). The van der Waals surface area contributed by atoms with Crippen LogP contribution in [0.4, 0.5) is 4.39 Å². The van der Waals surface area contributed by atoms with Crippen LogP contribution in [0.3, 0.4) is 0 Å². The van der Waals surface area contributed by atoms with Crippen molar-refractivity contribution in [3.05, 3.63) is 29.8 Å². The van der Waals surface area contributed by atoms with Gasteiger partial charge in [0, 0.05) is 6.20 Å². The van der Waals surface area contributed by atoms with Gasteiger partial charge in [-0.1, -0.05) is 46.0 Å². The maximum Gasteiger partial charge on any atom is 0.141 e. The monoisotopic (exact) mass is 237 g/mol. The Balaban J connectivity index is 2.52. The number of unbranched alkanes of at least 4 members (excludes halogenated alkanes) is 3. The van der Waals surface area contributed by atoms with Gasteiger partial charge in [0.1, 0.15) is 5.82 Å². The molecule has 0 saturated heterocycles. The van der Waals surface area contributed by atoms with Crippen molar-refractivity contribution in [1.29, 1.82) is 0 Å². The van der Waals surface area contributed by atoms with Crippen LogP contribution in [0.15, 0.2) is 18.5 Å². The van der Waals surface area contributed by atoms with Crippen LogP contribution in [0.1, 0.15) is 70.3 Å². The van der Waals surface area contributed by atoms with E-state index >= 15 is 0 Å². The molecule has 0 aliphatic rings. The van der Waals surface area contributed by atoms with E-state index in [0.29, 0.717) is 5.92 Å². The van der Waals surface area contributed by atoms with E-state index in [0.717, 1.165) is 18.4 Å². The molecule has 0 saturated carbocycles. The van der Waals surface area contributed by atoms with Crippen LogP contribution in [-0.2, 0) is 0 Å². The number of hydrogen-bond donors (Lipinski definition) is 0. The molecule has 1 unspecified atom stereocenters. The lowest BCUT2D eigenvalue weighted by Gasteiger charge is -2.16. The highest BCUT2D eigenvalue weighted by atomic mass is 19.1. The fourth-order valence-corrected chi connectivity index (χ4v) is 2.30. The second kappa shape index (κ2) is 8.21. The van der Waals surface area contributed by atoms with Gasteiger partial charge in [-0.2, -0.15) is 0 Å². The molecule has 0 amide bonds. The van der Waals surface area contributed by atoms with Gasteiger partial charge in [-0.25, -0.2) is 4.39 Å². The van der Waals surface area contributed by atoms with Crippen LogP contribution in [-0.4, -0.2) is 4.98 Å². The Morgan fingerprint density at radius 3 is 2.53 bits per heavy atom. The van der Waals surface area contributed by atoms with Crippen LogP contribution >= 0.6 is 0 Å². The summed E-state index contributed by atoms with van der Waals surface area (Å²) in [4.78, 5) is 3.96. The first-order chi connectivity index (χ1) is 8.27. The maximum absolute atomic E-state index is 13.1. The van der Waals surface area contributed by atoms with Gasteiger partial charge in [0.25, 0.3) is 0 Å². The van der Waals surface area contributed by atoms with E-state index in [2.05, 4.69) is 18.8 Å². The second-order valence-corrected chi connectivity index (χ2v) is 4.77. The minimum absolute atomic E-state index is 0.211. The van der Waals surface area contributed by atoms with Crippen molar-refractivity contribution in [2.24, 2.45) is 0 Å². The molecule has 0 bridgehead atoms. The molecule has 0 radical (unpaired) electrons. The lowest BCUT2D eigenvalue weighted by molar-refractivity contribution is 0.515. The van der Waals surface area contributed by atoms with Gasteiger partial charge in [0.2, 0.25) is 0 Å². The van der Waals surface area contributed by atoms with Gasteiger partial charge in [0.15, 0.2) is 0 Å². The van der Waals surface area contributed by atoms with Gasteiger partial charge in [0.05, 0.1) is 6.20 Å². The first-order valence-corrected chi connectivity index (χ1v) is 6.88. The molecule has 1 aromatic rings. The molecule has 0 aliphatic heterocycles. The Morgan fingerprint density at radius 2 is 1.88 bits per heavy atom. The van der Waals surface area contributed by atoms with Crippen LogP contribution in [0.5, 0.6) is 0 Å². The van der Waals surface area contributed by atoms with Crippen LogP contribution in [0.2, 0.25) is 0 Å². The van der Waals surface area contributed by atoms with Crippen molar-refractivity contribution < 1.29 is 4.39 Å². The Bertz CT molecular complexity index is 312. The molecule has 17 heavy (non-hydrogen) atoms. The van der Waals surface area contributed by atoms with Gasteiger partial charge >= 0.3 is 0 Å². The number of nitrogens with zero attached hydrogens (tertiary/aromatic N) is 1. The smallest absolute Gasteiger partial charge is 0.141 e. The van der Waals surface area contributed by atoms with Gasteiger partial charge < -0.3 is 0 Å². The lowest BCUT2D eigenvalue weighted by atomic mass is 9.90. The van der Waals surface area contributed by atoms with Crippen molar-refractivity contribution in [1.82, 2.24) is 4.98 Å². The summed E-state index contributed by atoms with van der Waals surface area (Å²) >= 11 is 0. The summed E-state index contributed by atoms with van der Waals surface area (Å²) in [5, 5.41) is 0. The summed E-state index contributed by atoms with van der Waals surface area (Å²) < 4.78 is 13.1. The van der Waals surface area contributed by atoms with Crippen molar-refractivity contribution in [3.8, 4) is 0 Å². The molecular weight excluding hydrogens is 213 g/mol. The minimum atomic E-state index is -0.211. The van der Waals surface area contributed by atoms with Crippen molar-refractivity contribution in [2.75, 3.05) is 0 Å². The molecule has 1 nitrogen and oxygen atoms in total. The molecule has 0 spiro atoms. The Labute approximate surface area is 104 Å². The van der Waals surface area contributed by atoms with Crippen molar-refractivity contribution >= 4 is 0 Å². The highest BCUT2D eigenvalue weighted by Gasteiger charge is 2.11. The molecule has 2 heteroatoms. The van der Waals surface area contributed by atoms with Crippen LogP contribution in [0.25, 0.3) is 0 Å². The standard InChI is InChI=1S/C15H24FN/c1-3-5-6-7-9-13(8-4-2)14-10-15(16)12-17-11-14/h10-13H,3-9H2,1-2H3. The molecule has 0 N–H and O–H groups in total. The van der Waals surface area contributed by atoms with E-state index < -0.39 is 0 Å². The van der Waals surface area contributed by atoms with Crippen molar-refractivity contribution in [3.63, 3.8) is 0 Å². The van der Waals surface area contributed by atoms with Crippen LogP contribution in [0, 0.1) is 5.82 Å². The number of hydrogen-bond acceptors (Lipinski definition) is 1. The van der Waals surface area contributed by atoms with E-state index in [1.165, 1.54) is 38.3 Å². The maximum atomic E-state index is 13.1. The number of halogens is 1. The summed E-state index contributed by atoms with van der Waals surface area (Å²) in [7, 11) is 0. The zero-order valence-electron chi connectivity index (χ0n) is 11.1. The van der Waals surface area contributed by atoms with E-state index in [1.807, 2.05) is 6.20 Å². The molecule has 1 aromatic heterocycles. The SMILES string of the molecule is CCCCCCC(CCC)c1cncc(F)c1. The third kappa shape index (κ3) is 5.29. The molecule has 1 heterocycles. The van der Waals surface area contributed by atoms with Gasteiger partial charge in [-0.05, 0) is 30.4 Å². The Kier molecular flexibility index (Phi) is 6.83. The second-order valence-electron chi connectivity index (χ2n) is 4.77. The normalized spacial score (nSPS) is 12.6. The third-order valence-electron chi connectivity index (χ3n) is 3.24. The first kappa shape index (κ1) is 14.1. The molecule has 0 aliphatic carbocycles. The molecule has 96 valence electrons. The fraction of sp³-hybridized carbons (Fsp3) is 0.667.